The van der Waals surface area contributed by atoms with Crippen LogP contribution in [0.3, 0.4) is 0 Å². The van der Waals surface area contributed by atoms with Gasteiger partial charge >= 0.3 is 110 Å². The molecule has 1 aromatic heterocycles. The number of hydrogen-bond acceptors (Lipinski definition) is 1. The second-order valence-corrected chi connectivity index (χ2v) is 6.94. The molecule has 1 aliphatic rings. The Morgan fingerprint density at radius 2 is 1.76 bits per heavy atom. The van der Waals surface area contributed by atoms with Gasteiger partial charge in [0, 0.05) is 0 Å². The molecule has 0 radical (unpaired) electrons. The monoisotopic (exact) mass is 330 g/mol. The molecule has 0 atom stereocenters. The molecule has 0 saturated carbocycles. The molecule has 0 saturated heterocycles. The van der Waals surface area contributed by atoms with Crippen LogP contribution in [0.2, 0.25) is 0 Å². The number of pyridine rings is 1. The topological polar surface area (TPSA) is 12.9 Å². The summed E-state index contributed by atoms with van der Waals surface area (Å²) >= 11 is -0.0346. The molecule has 0 aliphatic carbocycles. The van der Waals surface area contributed by atoms with Gasteiger partial charge in [0.15, 0.2) is 0 Å². The predicted octanol–water partition coefficient (Wildman–Crippen LogP) is 0.344. The van der Waals surface area contributed by atoms with Crippen molar-refractivity contribution in [3.63, 3.8) is 0 Å². The van der Waals surface area contributed by atoms with Gasteiger partial charge in [-0.15, -0.1) is 0 Å². The van der Waals surface area contributed by atoms with Crippen LogP contribution in [0.1, 0.15) is 0 Å². The number of rotatable bonds is 0. The summed E-state index contributed by atoms with van der Waals surface area (Å²) in [5.74, 6) is 0. The van der Waals surface area contributed by atoms with E-state index in [1.165, 1.54) is 29.2 Å². The van der Waals surface area contributed by atoms with Gasteiger partial charge < -0.3 is 0 Å². The first-order valence-corrected chi connectivity index (χ1v) is 7.71. The van der Waals surface area contributed by atoms with Crippen molar-refractivity contribution >= 4 is 10.8 Å². The SMILES string of the molecule is c1cnc2c(c1)[I-]c1ccc3ccccc3c1-2. The Balaban J connectivity index is 2.17. The average molecular weight is 330 g/mol. The van der Waals surface area contributed by atoms with E-state index in [-0.39, 0.29) is 21.2 Å². The summed E-state index contributed by atoms with van der Waals surface area (Å²) in [7, 11) is 0. The van der Waals surface area contributed by atoms with E-state index in [4.69, 9.17) is 0 Å². The summed E-state index contributed by atoms with van der Waals surface area (Å²) in [6.07, 6.45) is 1.90. The molecule has 0 amide bonds. The molecule has 0 fully saturated rings. The fraction of sp³-hybridized carbons (Fsp3) is 0. The molecule has 0 unspecified atom stereocenters. The number of benzene rings is 2. The Labute approximate surface area is 110 Å². The summed E-state index contributed by atoms with van der Waals surface area (Å²) in [6.45, 7) is 0. The molecular formula is C15H9IN-. The van der Waals surface area contributed by atoms with E-state index in [9.17, 15) is 0 Å². The zero-order chi connectivity index (χ0) is 11.2. The Morgan fingerprint density at radius 3 is 2.76 bits per heavy atom. The van der Waals surface area contributed by atoms with Gasteiger partial charge in [-0.2, -0.15) is 0 Å². The molecule has 82 valence electrons. The average Bonchev–Trinajstić information content (AvgIpc) is 2.77. The van der Waals surface area contributed by atoms with Crippen molar-refractivity contribution in [2.75, 3.05) is 0 Å². The quantitative estimate of drug-likeness (QED) is 0.424. The number of nitrogens with zero attached hydrogens (tertiary/aromatic N) is 1. The van der Waals surface area contributed by atoms with Gasteiger partial charge in [0.2, 0.25) is 0 Å². The number of aromatic nitrogens is 1. The molecule has 3 aromatic rings. The van der Waals surface area contributed by atoms with Crippen LogP contribution >= 0.6 is 0 Å². The minimum atomic E-state index is -0.0346. The van der Waals surface area contributed by atoms with Gasteiger partial charge in [-0.1, -0.05) is 0 Å². The summed E-state index contributed by atoms with van der Waals surface area (Å²) in [4.78, 5) is 4.58. The van der Waals surface area contributed by atoms with Crippen molar-refractivity contribution in [3.8, 4) is 11.3 Å². The van der Waals surface area contributed by atoms with Crippen molar-refractivity contribution in [2.45, 2.75) is 0 Å². The fourth-order valence-electron chi connectivity index (χ4n) is 2.32. The summed E-state index contributed by atoms with van der Waals surface area (Å²) in [5, 5.41) is 2.66. The van der Waals surface area contributed by atoms with Gasteiger partial charge in [-0.25, -0.2) is 0 Å². The maximum absolute atomic E-state index is 4.58. The van der Waals surface area contributed by atoms with Gasteiger partial charge in [-0.3, -0.25) is 0 Å². The molecule has 2 aromatic carbocycles. The van der Waals surface area contributed by atoms with Crippen LogP contribution in [0.15, 0.2) is 54.7 Å². The molecule has 1 aliphatic heterocycles. The van der Waals surface area contributed by atoms with Gasteiger partial charge in [-0.05, 0) is 0 Å². The third kappa shape index (κ3) is 1.33. The number of fused-ring (bicyclic) bond motifs is 5. The van der Waals surface area contributed by atoms with E-state index in [1.807, 2.05) is 12.3 Å². The van der Waals surface area contributed by atoms with Crippen LogP contribution in [0, 0.1) is 7.14 Å². The third-order valence-corrected chi connectivity index (χ3v) is 6.01. The first-order valence-electron chi connectivity index (χ1n) is 5.55. The normalized spacial score (nSPS) is 12.9. The van der Waals surface area contributed by atoms with Crippen LogP contribution in [0.25, 0.3) is 22.0 Å². The van der Waals surface area contributed by atoms with Crippen LogP contribution in [0.4, 0.5) is 0 Å². The summed E-state index contributed by atoms with van der Waals surface area (Å²) < 4.78 is 2.97. The van der Waals surface area contributed by atoms with Crippen LogP contribution in [0.5, 0.6) is 0 Å². The van der Waals surface area contributed by atoms with Crippen LogP contribution in [-0.4, -0.2) is 4.98 Å². The molecule has 1 nitrogen and oxygen atoms in total. The Hall–Kier alpha value is -1.42. The Kier molecular flexibility index (Phi) is 1.99. The van der Waals surface area contributed by atoms with Crippen molar-refractivity contribution < 1.29 is 21.2 Å². The molecule has 2 heteroatoms. The van der Waals surface area contributed by atoms with Crippen LogP contribution < -0.4 is 21.2 Å². The first-order chi connectivity index (χ1) is 8.43. The molecule has 0 N–H and O–H groups in total. The number of hydrogen-bond donors (Lipinski definition) is 0. The van der Waals surface area contributed by atoms with E-state index < -0.39 is 0 Å². The molecule has 17 heavy (non-hydrogen) atoms. The van der Waals surface area contributed by atoms with E-state index >= 15 is 0 Å². The first kappa shape index (κ1) is 9.59. The van der Waals surface area contributed by atoms with Gasteiger partial charge in [0.1, 0.15) is 0 Å². The molecule has 4 rings (SSSR count). The van der Waals surface area contributed by atoms with E-state index in [0.29, 0.717) is 0 Å². The van der Waals surface area contributed by atoms with Crippen molar-refractivity contribution in [3.05, 3.63) is 61.9 Å². The van der Waals surface area contributed by atoms with Crippen LogP contribution in [-0.2, 0) is 0 Å². The van der Waals surface area contributed by atoms with E-state index in [0.717, 1.165) is 0 Å². The summed E-state index contributed by atoms with van der Waals surface area (Å²) in [6, 6.07) is 17.4. The number of halogens is 1. The molecule has 0 spiro atoms. The van der Waals surface area contributed by atoms with E-state index in [1.54, 1.807) is 0 Å². The predicted molar refractivity (Wildman–Crippen MR) is 64.6 cm³/mol. The van der Waals surface area contributed by atoms with Gasteiger partial charge in [0.25, 0.3) is 0 Å². The second-order valence-electron chi connectivity index (χ2n) is 4.07. The van der Waals surface area contributed by atoms with Crippen molar-refractivity contribution in [2.24, 2.45) is 0 Å². The maximum atomic E-state index is 4.58. The molecular weight excluding hydrogens is 321 g/mol. The van der Waals surface area contributed by atoms with Crippen molar-refractivity contribution in [1.82, 2.24) is 4.98 Å². The standard InChI is InChI=1S/C15H9IN/c1-2-5-11-10(4-1)7-8-12-14(11)15-13(16-12)6-3-9-17-15/h1-9H/q-1. The minimum absolute atomic E-state index is 0.0346. The Morgan fingerprint density at radius 1 is 0.824 bits per heavy atom. The van der Waals surface area contributed by atoms with E-state index in [2.05, 4.69) is 47.4 Å². The molecule has 2 heterocycles. The zero-order valence-electron chi connectivity index (χ0n) is 9.02. The molecule has 0 bridgehead atoms. The second kappa shape index (κ2) is 3.53. The van der Waals surface area contributed by atoms with Crippen molar-refractivity contribution in [1.29, 1.82) is 0 Å². The summed E-state index contributed by atoms with van der Waals surface area (Å²) in [5.41, 5.74) is 2.60. The third-order valence-electron chi connectivity index (χ3n) is 3.08. The fourth-order valence-corrected chi connectivity index (χ4v) is 5.17. The Bertz CT molecular complexity index is 734. The van der Waals surface area contributed by atoms with Gasteiger partial charge in [0.05, 0.1) is 0 Å². The zero-order valence-corrected chi connectivity index (χ0v) is 11.2.